The molecule has 98 valence electrons. The van der Waals surface area contributed by atoms with Crippen molar-refractivity contribution in [1.29, 1.82) is 0 Å². The van der Waals surface area contributed by atoms with Crippen molar-refractivity contribution in [3.8, 4) is 0 Å². The zero-order valence-corrected chi connectivity index (χ0v) is 10.8. The highest BCUT2D eigenvalue weighted by atomic mass is 16.4. The van der Waals surface area contributed by atoms with E-state index in [0.29, 0.717) is 6.42 Å². The lowest BCUT2D eigenvalue weighted by atomic mass is 9.95. The second-order valence-electron chi connectivity index (χ2n) is 4.95. The zero-order valence-electron chi connectivity index (χ0n) is 10.8. The number of nitrogens with zero attached hydrogens (tertiary/aromatic N) is 1. The fourth-order valence-electron chi connectivity index (χ4n) is 2.54. The Kier molecular flexibility index (Phi) is 5.45. The first-order valence-electron chi connectivity index (χ1n) is 6.55. The SMILES string of the molecule is CCCCCN(C)C(=O)C1CCCC1C(=O)O. The van der Waals surface area contributed by atoms with Crippen LogP contribution in [0.1, 0.15) is 45.4 Å². The summed E-state index contributed by atoms with van der Waals surface area (Å²) in [7, 11) is 1.79. The molecule has 4 heteroatoms. The van der Waals surface area contributed by atoms with Crippen molar-refractivity contribution in [1.82, 2.24) is 4.90 Å². The predicted molar refractivity (Wildman–Crippen MR) is 65.6 cm³/mol. The Hall–Kier alpha value is -1.06. The van der Waals surface area contributed by atoms with Gasteiger partial charge in [0.2, 0.25) is 5.91 Å². The fourth-order valence-corrected chi connectivity index (χ4v) is 2.54. The quantitative estimate of drug-likeness (QED) is 0.725. The van der Waals surface area contributed by atoms with E-state index in [4.69, 9.17) is 5.11 Å². The highest BCUT2D eigenvalue weighted by molar-refractivity contribution is 5.85. The van der Waals surface area contributed by atoms with Gasteiger partial charge in [0, 0.05) is 13.6 Å². The Morgan fingerprint density at radius 3 is 2.47 bits per heavy atom. The van der Waals surface area contributed by atoms with Crippen LogP contribution in [0.2, 0.25) is 0 Å². The van der Waals surface area contributed by atoms with Crippen LogP contribution in [0.5, 0.6) is 0 Å². The Labute approximate surface area is 103 Å². The summed E-state index contributed by atoms with van der Waals surface area (Å²) in [5.74, 6) is -1.55. The van der Waals surface area contributed by atoms with Crippen LogP contribution < -0.4 is 0 Å². The Morgan fingerprint density at radius 1 is 1.24 bits per heavy atom. The molecule has 0 aromatic heterocycles. The van der Waals surface area contributed by atoms with E-state index in [0.717, 1.165) is 38.6 Å². The molecule has 1 aliphatic carbocycles. The molecule has 1 N–H and O–H groups in total. The molecule has 1 rings (SSSR count). The standard InChI is InChI=1S/C13H23NO3/c1-3-4-5-9-14(2)12(15)10-7-6-8-11(10)13(16)17/h10-11H,3-9H2,1-2H3,(H,16,17). The Bertz CT molecular complexity index is 278. The van der Waals surface area contributed by atoms with E-state index in [-0.39, 0.29) is 11.8 Å². The third kappa shape index (κ3) is 3.72. The highest BCUT2D eigenvalue weighted by Crippen LogP contribution is 2.33. The molecule has 0 saturated heterocycles. The molecule has 1 saturated carbocycles. The molecule has 0 radical (unpaired) electrons. The molecular weight excluding hydrogens is 218 g/mol. The number of hydrogen-bond donors (Lipinski definition) is 1. The lowest BCUT2D eigenvalue weighted by molar-refractivity contribution is -0.148. The van der Waals surface area contributed by atoms with Gasteiger partial charge in [-0.05, 0) is 19.3 Å². The van der Waals surface area contributed by atoms with Crippen LogP contribution in [-0.4, -0.2) is 35.5 Å². The van der Waals surface area contributed by atoms with E-state index < -0.39 is 11.9 Å². The van der Waals surface area contributed by atoms with E-state index in [1.54, 1.807) is 11.9 Å². The molecule has 0 aromatic carbocycles. The molecule has 17 heavy (non-hydrogen) atoms. The van der Waals surface area contributed by atoms with Crippen LogP contribution in [0.3, 0.4) is 0 Å². The fraction of sp³-hybridized carbons (Fsp3) is 0.846. The minimum absolute atomic E-state index is 0.0194. The van der Waals surface area contributed by atoms with Gasteiger partial charge >= 0.3 is 5.97 Å². The van der Waals surface area contributed by atoms with Gasteiger partial charge in [0.15, 0.2) is 0 Å². The topological polar surface area (TPSA) is 57.6 Å². The lowest BCUT2D eigenvalue weighted by Gasteiger charge is -2.23. The van der Waals surface area contributed by atoms with Crippen molar-refractivity contribution in [3.05, 3.63) is 0 Å². The first kappa shape index (κ1) is 14.0. The molecule has 1 fully saturated rings. The van der Waals surface area contributed by atoms with Gasteiger partial charge in [-0.15, -0.1) is 0 Å². The summed E-state index contributed by atoms with van der Waals surface area (Å²) in [6.45, 7) is 2.87. The minimum atomic E-state index is -0.817. The van der Waals surface area contributed by atoms with Gasteiger partial charge in [0.25, 0.3) is 0 Å². The van der Waals surface area contributed by atoms with Gasteiger partial charge in [0.1, 0.15) is 0 Å². The molecule has 2 unspecified atom stereocenters. The minimum Gasteiger partial charge on any atom is -0.481 e. The monoisotopic (exact) mass is 241 g/mol. The number of carboxylic acids is 1. The van der Waals surface area contributed by atoms with Gasteiger partial charge in [0.05, 0.1) is 11.8 Å². The van der Waals surface area contributed by atoms with E-state index >= 15 is 0 Å². The second-order valence-corrected chi connectivity index (χ2v) is 4.95. The lowest BCUT2D eigenvalue weighted by Crippen LogP contribution is -2.37. The molecule has 0 aliphatic heterocycles. The van der Waals surface area contributed by atoms with Crippen molar-refractivity contribution in [3.63, 3.8) is 0 Å². The van der Waals surface area contributed by atoms with Crippen LogP contribution in [0, 0.1) is 11.8 Å². The number of carboxylic acid groups (broad SMARTS) is 1. The summed E-state index contributed by atoms with van der Waals surface area (Å²) >= 11 is 0. The average molecular weight is 241 g/mol. The second kappa shape index (κ2) is 6.62. The molecule has 0 heterocycles. The summed E-state index contributed by atoms with van der Waals surface area (Å²) in [6, 6.07) is 0. The number of aliphatic carboxylic acids is 1. The van der Waals surface area contributed by atoms with Crippen LogP contribution in [-0.2, 0) is 9.59 Å². The Balaban J connectivity index is 2.47. The van der Waals surface area contributed by atoms with Crippen molar-refractivity contribution in [2.45, 2.75) is 45.4 Å². The molecule has 0 aromatic rings. The molecule has 4 nitrogen and oxygen atoms in total. The van der Waals surface area contributed by atoms with Crippen LogP contribution in [0.15, 0.2) is 0 Å². The van der Waals surface area contributed by atoms with Gasteiger partial charge in [-0.25, -0.2) is 0 Å². The van der Waals surface area contributed by atoms with E-state index in [9.17, 15) is 9.59 Å². The van der Waals surface area contributed by atoms with Crippen LogP contribution >= 0.6 is 0 Å². The number of hydrogen-bond acceptors (Lipinski definition) is 2. The first-order chi connectivity index (χ1) is 8.07. The van der Waals surface area contributed by atoms with E-state index in [1.807, 2.05) is 0 Å². The van der Waals surface area contributed by atoms with Crippen molar-refractivity contribution >= 4 is 11.9 Å². The van der Waals surface area contributed by atoms with Crippen LogP contribution in [0.25, 0.3) is 0 Å². The number of unbranched alkanes of at least 4 members (excludes halogenated alkanes) is 2. The predicted octanol–water partition coefficient (Wildman–Crippen LogP) is 2.14. The van der Waals surface area contributed by atoms with Gasteiger partial charge < -0.3 is 10.0 Å². The first-order valence-corrected chi connectivity index (χ1v) is 6.55. The summed E-state index contributed by atoms with van der Waals surface area (Å²) in [5.41, 5.74) is 0. The Morgan fingerprint density at radius 2 is 1.88 bits per heavy atom. The third-order valence-corrected chi connectivity index (χ3v) is 3.62. The molecule has 0 bridgehead atoms. The van der Waals surface area contributed by atoms with E-state index in [1.165, 1.54) is 0 Å². The highest BCUT2D eigenvalue weighted by Gasteiger charge is 2.38. The maximum Gasteiger partial charge on any atom is 0.307 e. The zero-order chi connectivity index (χ0) is 12.8. The summed E-state index contributed by atoms with van der Waals surface area (Å²) < 4.78 is 0. The summed E-state index contributed by atoms with van der Waals surface area (Å²) in [6.07, 6.45) is 5.48. The summed E-state index contributed by atoms with van der Waals surface area (Å²) in [4.78, 5) is 24.9. The molecule has 2 atom stereocenters. The number of carbonyl (C=O) groups excluding carboxylic acids is 1. The molecule has 0 spiro atoms. The normalized spacial score (nSPS) is 23.6. The van der Waals surface area contributed by atoms with Gasteiger partial charge in [-0.2, -0.15) is 0 Å². The average Bonchev–Trinajstić information content (AvgIpc) is 2.77. The van der Waals surface area contributed by atoms with Crippen molar-refractivity contribution in [2.75, 3.05) is 13.6 Å². The van der Waals surface area contributed by atoms with Crippen LogP contribution in [0.4, 0.5) is 0 Å². The molecule has 1 aliphatic rings. The van der Waals surface area contributed by atoms with Gasteiger partial charge in [-0.3, -0.25) is 9.59 Å². The third-order valence-electron chi connectivity index (χ3n) is 3.62. The number of amides is 1. The molecular formula is C13H23NO3. The molecule has 1 amide bonds. The van der Waals surface area contributed by atoms with Crippen molar-refractivity contribution in [2.24, 2.45) is 11.8 Å². The largest absolute Gasteiger partial charge is 0.481 e. The smallest absolute Gasteiger partial charge is 0.307 e. The van der Waals surface area contributed by atoms with Crippen molar-refractivity contribution < 1.29 is 14.7 Å². The maximum absolute atomic E-state index is 12.1. The maximum atomic E-state index is 12.1. The summed E-state index contributed by atoms with van der Waals surface area (Å²) in [5, 5.41) is 9.06. The number of carbonyl (C=O) groups is 2. The van der Waals surface area contributed by atoms with E-state index in [2.05, 4.69) is 6.92 Å². The number of rotatable bonds is 6. The van der Waals surface area contributed by atoms with Gasteiger partial charge in [-0.1, -0.05) is 26.2 Å².